The predicted molar refractivity (Wildman–Crippen MR) is 110 cm³/mol. The van der Waals surface area contributed by atoms with Crippen molar-refractivity contribution in [3.8, 4) is 0 Å². The summed E-state index contributed by atoms with van der Waals surface area (Å²) in [5, 5.41) is 2.95. The Morgan fingerprint density at radius 3 is 2.36 bits per heavy atom. The molecule has 28 heavy (non-hydrogen) atoms. The van der Waals surface area contributed by atoms with Gasteiger partial charge < -0.3 is 5.32 Å². The Hall–Kier alpha value is -2.18. The molecule has 2 aliphatic rings. The van der Waals surface area contributed by atoms with Gasteiger partial charge in [0.1, 0.15) is 0 Å². The normalized spacial score (nSPS) is 17.3. The lowest BCUT2D eigenvalue weighted by atomic mass is 10.1. The molecule has 1 heterocycles. The van der Waals surface area contributed by atoms with Crippen molar-refractivity contribution in [3.63, 3.8) is 0 Å². The summed E-state index contributed by atoms with van der Waals surface area (Å²) >= 11 is 0. The zero-order valence-corrected chi connectivity index (χ0v) is 16.8. The average Bonchev–Trinajstić information content (AvgIpc) is 3.17. The van der Waals surface area contributed by atoms with Crippen LogP contribution in [0.2, 0.25) is 0 Å². The number of amides is 1. The highest BCUT2D eigenvalue weighted by atomic mass is 32.2. The molecule has 5 nitrogen and oxygen atoms in total. The summed E-state index contributed by atoms with van der Waals surface area (Å²) in [5.74, 6) is -0.0930. The lowest BCUT2D eigenvalue weighted by Gasteiger charge is -2.25. The van der Waals surface area contributed by atoms with Gasteiger partial charge in [0, 0.05) is 18.8 Å². The van der Waals surface area contributed by atoms with E-state index in [1.807, 2.05) is 6.07 Å². The molecule has 0 atom stereocenters. The van der Waals surface area contributed by atoms with Crippen LogP contribution in [0.25, 0.3) is 0 Å². The van der Waals surface area contributed by atoms with Crippen LogP contribution in [-0.2, 0) is 34.1 Å². The van der Waals surface area contributed by atoms with Gasteiger partial charge in [0.15, 0.2) is 0 Å². The van der Waals surface area contributed by atoms with Crippen molar-refractivity contribution in [2.45, 2.75) is 49.8 Å². The number of sulfonamides is 1. The molecule has 0 radical (unpaired) electrons. The molecule has 1 aliphatic carbocycles. The van der Waals surface area contributed by atoms with E-state index in [0.29, 0.717) is 18.0 Å². The SMILES string of the molecule is O=C(Cc1ccc(S(=O)(=O)N2CCCCC2)cc1)Nc1ccc2c(c1)CCC2. The Bertz CT molecular complexity index is 962. The summed E-state index contributed by atoms with van der Waals surface area (Å²) in [6.07, 6.45) is 6.52. The number of piperidine rings is 1. The molecule has 0 saturated carbocycles. The zero-order valence-electron chi connectivity index (χ0n) is 16.0. The van der Waals surface area contributed by atoms with E-state index in [4.69, 9.17) is 0 Å². The van der Waals surface area contributed by atoms with Crippen molar-refractivity contribution in [1.29, 1.82) is 0 Å². The number of aryl methyl sites for hydroxylation is 2. The number of hydrogen-bond donors (Lipinski definition) is 1. The number of hydrogen-bond acceptors (Lipinski definition) is 3. The van der Waals surface area contributed by atoms with Gasteiger partial charge in [-0.3, -0.25) is 4.79 Å². The van der Waals surface area contributed by atoms with Gasteiger partial charge in [-0.15, -0.1) is 0 Å². The Labute approximate surface area is 166 Å². The standard InChI is InChI=1S/C22H26N2O3S/c25-22(23-20-10-9-18-5-4-6-19(18)16-20)15-17-7-11-21(12-8-17)28(26,27)24-13-2-1-3-14-24/h7-12,16H,1-6,13-15H2,(H,23,25). The Balaban J connectivity index is 1.39. The molecule has 1 saturated heterocycles. The smallest absolute Gasteiger partial charge is 0.243 e. The highest BCUT2D eigenvalue weighted by molar-refractivity contribution is 7.89. The topological polar surface area (TPSA) is 66.5 Å². The lowest BCUT2D eigenvalue weighted by Crippen LogP contribution is -2.35. The summed E-state index contributed by atoms with van der Waals surface area (Å²) < 4.78 is 27.0. The van der Waals surface area contributed by atoms with Crippen LogP contribution >= 0.6 is 0 Å². The van der Waals surface area contributed by atoms with Crippen molar-refractivity contribution in [1.82, 2.24) is 4.31 Å². The Morgan fingerprint density at radius 1 is 0.893 bits per heavy atom. The first-order valence-corrected chi connectivity index (χ1v) is 11.5. The van der Waals surface area contributed by atoms with Crippen molar-refractivity contribution >= 4 is 21.6 Å². The maximum atomic E-state index is 12.7. The van der Waals surface area contributed by atoms with Gasteiger partial charge in [0.05, 0.1) is 11.3 Å². The second-order valence-electron chi connectivity index (χ2n) is 7.67. The summed E-state index contributed by atoms with van der Waals surface area (Å²) in [6.45, 7) is 1.18. The number of rotatable bonds is 5. The number of benzene rings is 2. The number of nitrogens with one attached hydrogen (secondary N) is 1. The third-order valence-electron chi connectivity index (χ3n) is 5.62. The second kappa shape index (κ2) is 8.05. The van der Waals surface area contributed by atoms with E-state index in [-0.39, 0.29) is 12.3 Å². The molecule has 1 fully saturated rings. The van der Waals surface area contributed by atoms with Crippen LogP contribution in [-0.4, -0.2) is 31.7 Å². The summed E-state index contributed by atoms with van der Waals surface area (Å²) in [7, 11) is -3.43. The fraction of sp³-hybridized carbons (Fsp3) is 0.409. The minimum atomic E-state index is -3.43. The van der Waals surface area contributed by atoms with Crippen LogP contribution in [0.3, 0.4) is 0 Å². The van der Waals surface area contributed by atoms with Crippen LogP contribution < -0.4 is 5.32 Å². The number of carbonyl (C=O) groups is 1. The minimum Gasteiger partial charge on any atom is -0.326 e. The molecule has 0 aromatic heterocycles. The number of carbonyl (C=O) groups excluding carboxylic acids is 1. The highest BCUT2D eigenvalue weighted by Gasteiger charge is 2.25. The second-order valence-corrected chi connectivity index (χ2v) is 9.61. The van der Waals surface area contributed by atoms with Gasteiger partial charge in [0.25, 0.3) is 0 Å². The van der Waals surface area contributed by atoms with E-state index < -0.39 is 10.0 Å². The van der Waals surface area contributed by atoms with Gasteiger partial charge in [-0.25, -0.2) is 8.42 Å². The molecule has 2 aromatic rings. The zero-order chi connectivity index (χ0) is 19.6. The van der Waals surface area contributed by atoms with Gasteiger partial charge in [-0.1, -0.05) is 24.6 Å². The van der Waals surface area contributed by atoms with Crippen molar-refractivity contribution in [3.05, 3.63) is 59.2 Å². The molecule has 2 aromatic carbocycles. The summed E-state index contributed by atoms with van der Waals surface area (Å²) in [6, 6.07) is 12.8. The van der Waals surface area contributed by atoms with E-state index in [2.05, 4.69) is 17.4 Å². The maximum Gasteiger partial charge on any atom is 0.243 e. The van der Waals surface area contributed by atoms with E-state index in [1.165, 1.54) is 17.5 Å². The van der Waals surface area contributed by atoms with Crippen LogP contribution in [0, 0.1) is 0 Å². The fourth-order valence-corrected chi connectivity index (χ4v) is 5.59. The monoisotopic (exact) mass is 398 g/mol. The molecule has 1 amide bonds. The number of anilines is 1. The molecule has 148 valence electrons. The highest BCUT2D eigenvalue weighted by Crippen LogP contribution is 2.25. The van der Waals surface area contributed by atoms with Crippen LogP contribution in [0.15, 0.2) is 47.4 Å². The van der Waals surface area contributed by atoms with Gasteiger partial charge in [-0.05, 0) is 73.1 Å². The first kappa shape index (κ1) is 19.2. The summed E-state index contributed by atoms with van der Waals surface area (Å²) in [5.41, 5.74) is 4.33. The Kier molecular flexibility index (Phi) is 5.51. The van der Waals surface area contributed by atoms with Crippen LogP contribution in [0.5, 0.6) is 0 Å². The van der Waals surface area contributed by atoms with E-state index in [9.17, 15) is 13.2 Å². The molecule has 4 rings (SSSR count). The van der Waals surface area contributed by atoms with Gasteiger partial charge >= 0.3 is 0 Å². The summed E-state index contributed by atoms with van der Waals surface area (Å²) in [4.78, 5) is 12.7. The third kappa shape index (κ3) is 4.13. The maximum absolute atomic E-state index is 12.7. The van der Waals surface area contributed by atoms with Crippen molar-refractivity contribution in [2.24, 2.45) is 0 Å². The quantitative estimate of drug-likeness (QED) is 0.838. The van der Waals surface area contributed by atoms with E-state index >= 15 is 0 Å². The van der Waals surface area contributed by atoms with Crippen molar-refractivity contribution < 1.29 is 13.2 Å². The molecule has 6 heteroatoms. The largest absolute Gasteiger partial charge is 0.326 e. The predicted octanol–water partition coefficient (Wildman–Crippen LogP) is 3.53. The molecule has 0 spiro atoms. The molecule has 1 aliphatic heterocycles. The van der Waals surface area contributed by atoms with Crippen LogP contribution in [0.4, 0.5) is 5.69 Å². The number of nitrogens with zero attached hydrogens (tertiary/aromatic N) is 1. The molecule has 0 unspecified atom stereocenters. The Morgan fingerprint density at radius 2 is 1.61 bits per heavy atom. The third-order valence-corrected chi connectivity index (χ3v) is 7.54. The average molecular weight is 399 g/mol. The van der Waals surface area contributed by atoms with E-state index in [1.54, 1.807) is 28.6 Å². The molecule has 1 N–H and O–H groups in total. The van der Waals surface area contributed by atoms with Gasteiger partial charge in [-0.2, -0.15) is 4.31 Å². The first-order chi connectivity index (χ1) is 13.5. The number of fused-ring (bicyclic) bond motifs is 1. The molecular weight excluding hydrogens is 372 g/mol. The van der Waals surface area contributed by atoms with Crippen molar-refractivity contribution in [2.75, 3.05) is 18.4 Å². The fourth-order valence-electron chi connectivity index (χ4n) is 4.07. The molecular formula is C22H26N2O3S. The molecule has 0 bridgehead atoms. The lowest BCUT2D eigenvalue weighted by molar-refractivity contribution is -0.115. The van der Waals surface area contributed by atoms with E-state index in [0.717, 1.165) is 43.4 Å². The van der Waals surface area contributed by atoms with Crippen LogP contribution in [0.1, 0.15) is 42.4 Å². The first-order valence-electron chi connectivity index (χ1n) is 10.0. The van der Waals surface area contributed by atoms with Gasteiger partial charge in [0.2, 0.25) is 15.9 Å². The minimum absolute atomic E-state index is 0.0930.